The van der Waals surface area contributed by atoms with Gasteiger partial charge in [-0.3, -0.25) is 0 Å². The number of hydrogen-bond acceptors (Lipinski definition) is 0. The molecule has 4 rings (SSSR count). The Labute approximate surface area is 188 Å². The molecule has 0 aliphatic carbocycles. The molecule has 4 heterocycles. The van der Waals surface area contributed by atoms with E-state index in [1.54, 1.807) is 0 Å². The van der Waals surface area contributed by atoms with Crippen molar-refractivity contribution in [3.8, 4) is 0 Å². The summed E-state index contributed by atoms with van der Waals surface area (Å²) in [5.74, 6) is 0. The van der Waals surface area contributed by atoms with Crippen LogP contribution in [0.3, 0.4) is 0 Å². The molecule has 0 saturated heterocycles. The van der Waals surface area contributed by atoms with Crippen molar-refractivity contribution < 1.29 is 18.3 Å². The molecule has 31 heavy (non-hydrogen) atoms. The van der Waals surface area contributed by atoms with Crippen molar-refractivity contribution in [2.75, 3.05) is 0 Å². The Balaban J connectivity index is 0.000000207. The third-order valence-electron chi connectivity index (χ3n) is 4.41. The first kappa shape index (κ1) is 25.6. The van der Waals surface area contributed by atoms with Crippen LogP contribution >= 0.6 is 0 Å². The van der Waals surface area contributed by atoms with Gasteiger partial charge in [-0.1, -0.05) is 12.1 Å². The second kappa shape index (κ2) is 14.6. The maximum absolute atomic E-state index is 2.08. The summed E-state index contributed by atoms with van der Waals surface area (Å²) in [5.41, 5.74) is 3.89. The lowest BCUT2D eigenvalue weighted by atomic mass is 10.3. The number of hydrogen-bond donors (Lipinski definition) is 0. The predicted octanol–water partition coefficient (Wildman–Crippen LogP) is 2.97. The molecular formula is C27H38N4+4. The van der Waals surface area contributed by atoms with Gasteiger partial charge >= 0.3 is 0 Å². The normalized spacial score (nSPS) is 9.13. The van der Waals surface area contributed by atoms with Crippen molar-refractivity contribution in [3.63, 3.8) is 0 Å². The molecule has 0 aromatic carbocycles. The first-order chi connectivity index (χ1) is 14.8. The van der Waals surface area contributed by atoms with Crippen LogP contribution in [-0.4, -0.2) is 0 Å². The quantitative estimate of drug-likeness (QED) is 0.390. The van der Waals surface area contributed by atoms with Crippen LogP contribution in [-0.2, 0) is 28.2 Å². The fraction of sp³-hybridized carbons (Fsp3) is 0.259. The fourth-order valence-corrected chi connectivity index (χ4v) is 2.41. The SMILES string of the molecule is C[n+]1ccccc1.Cc1cc[n+](C)cc1.Cc1ccc[n+](C)c1.Cc1cccc[n+]1C. The highest BCUT2D eigenvalue weighted by Crippen LogP contribution is 1.88. The van der Waals surface area contributed by atoms with Gasteiger partial charge in [0.2, 0.25) is 0 Å². The van der Waals surface area contributed by atoms with E-state index in [1.807, 2.05) is 115 Å². The number of aryl methyl sites for hydroxylation is 7. The van der Waals surface area contributed by atoms with Gasteiger partial charge in [-0.15, -0.1) is 0 Å². The van der Waals surface area contributed by atoms with E-state index in [0.717, 1.165) is 0 Å². The zero-order chi connectivity index (χ0) is 23.1. The molecule has 0 saturated carbocycles. The largest absolute Gasteiger partial charge is 0.208 e. The number of aromatic nitrogens is 4. The Hall–Kier alpha value is -3.40. The lowest BCUT2D eigenvalue weighted by Crippen LogP contribution is -2.30. The van der Waals surface area contributed by atoms with Crippen molar-refractivity contribution in [1.82, 2.24) is 0 Å². The standard InChI is InChI=1S/3C7H10N.C6H8N/c1-7-3-5-8(2)6-4-7;1-7-4-3-5-8(2)6-7;1-7-5-3-4-6-8(7)2;1-7-5-3-2-4-6-7/h3*3-6H,1-2H3;2-6H,1H3/q4*+1. The molecular weight excluding hydrogens is 380 g/mol. The maximum atomic E-state index is 2.08. The highest BCUT2D eigenvalue weighted by molar-refractivity contribution is 5.03. The summed E-state index contributed by atoms with van der Waals surface area (Å²) in [4.78, 5) is 0. The Morgan fingerprint density at radius 3 is 1.35 bits per heavy atom. The Bertz CT molecular complexity index is 938. The van der Waals surface area contributed by atoms with Crippen molar-refractivity contribution >= 4 is 0 Å². The minimum atomic E-state index is 1.28. The Morgan fingerprint density at radius 1 is 0.452 bits per heavy atom. The van der Waals surface area contributed by atoms with Crippen LogP contribution in [0.5, 0.6) is 0 Å². The van der Waals surface area contributed by atoms with Gasteiger partial charge in [0.25, 0.3) is 0 Å². The molecule has 0 N–H and O–H groups in total. The molecule has 4 nitrogen and oxygen atoms in total. The van der Waals surface area contributed by atoms with Crippen LogP contribution in [0.2, 0.25) is 0 Å². The van der Waals surface area contributed by atoms with Crippen LogP contribution in [0.1, 0.15) is 16.8 Å². The van der Waals surface area contributed by atoms with E-state index in [-0.39, 0.29) is 0 Å². The lowest BCUT2D eigenvalue weighted by Gasteiger charge is -1.87. The molecule has 0 spiro atoms. The van der Waals surface area contributed by atoms with Crippen molar-refractivity contribution in [3.05, 3.63) is 121 Å². The zero-order valence-electron chi connectivity index (χ0n) is 20.1. The minimum absolute atomic E-state index is 1.28. The van der Waals surface area contributed by atoms with Gasteiger partial charge in [0, 0.05) is 55.0 Å². The molecule has 4 heteroatoms. The highest BCUT2D eigenvalue weighted by atomic mass is 14.9. The molecule has 0 aliphatic heterocycles. The minimum Gasteiger partial charge on any atom is -0.208 e. The van der Waals surface area contributed by atoms with Crippen LogP contribution in [0.15, 0.2) is 104 Å². The summed E-state index contributed by atoms with van der Waals surface area (Å²) in [7, 11) is 8.07. The average molecular weight is 419 g/mol. The van der Waals surface area contributed by atoms with E-state index in [1.165, 1.54) is 16.8 Å². The van der Waals surface area contributed by atoms with Gasteiger partial charge in [-0.25, -0.2) is 18.3 Å². The van der Waals surface area contributed by atoms with Gasteiger partial charge in [0.1, 0.15) is 28.2 Å². The summed E-state index contributed by atoms with van der Waals surface area (Å²) in [6.45, 7) is 6.25. The van der Waals surface area contributed by atoms with E-state index in [2.05, 4.69) is 55.8 Å². The molecule has 0 aliphatic rings. The van der Waals surface area contributed by atoms with Gasteiger partial charge in [-0.2, -0.15) is 0 Å². The second-order valence-corrected chi connectivity index (χ2v) is 7.58. The van der Waals surface area contributed by atoms with Gasteiger partial charge in [-0.05, 0) is 25.5 Å². The Kier molecular flexibility index (Phi) is 12.0. The molecule has 0 amide bonds. The van der Waals surface area contributed by atoms with E-state index in [4.69, 9.17) is 0 Å². The smallest absolute Gasteiger partial charge is 0.177 e. The molecule has 0 bridgehead atoms. The maximum Gasteiger partial charge on any atom is 0.177 e. The van der Waals surface area contributed by atoms with Gasteiger partial charge in [0.05, 0.1) is 0 Å². The van der Waals surface area contributed by atoms with Crippen molar-refractivity contribution in [2.24, 2.45) is 28.2 Å². The monoisotopic (exact) mass is 418 g/mol. The summed E-state index contributed by atoms with van der Waals surface area (Å²) >= 11 is 0. The molecule has 0 radical (unpaired) electrons. The van der Waals surface area contributed by atoms with Crippen LogP contribution in [0.4, 0.5) is 0 Å². The summed E-state index contributed by atoms with van der Waals surface area (Å²) < 4.78 is 8.14. The lowest BCUT2D eigenvalue weighted by molar-refractivity contribution is -0.677. The average Bonchev–Trinajstić information content (AvgIpc) is 2.74. The second-order valence-electron chi connectivity index (χ2n) is 7.58. The molecule has 4 aromatic rings. The van der Waals surface area contributed by atoms with E-state index in [0.29, 0.717) is 0 Å². The van der Waals surface area contributed by atoms with Crippen LogP contribution < -0.4 is 18.3 Å². The van der Waals surface area contributed by atoms with Crippen LogP contribution in [0.25, 0.3) is 0 Å². The first-order valence-electron chi connectivity index (χ1n) is 10.4. The van der Waals surface area contributed by atoms with Crippen molar-refractivity contribution in [2.45, 2.75) is 20.8 Å². The fourth-order valence-electron chi connectivity index (χ4n) is 2.41. The Morgan fingerprint density at radius 2 is 1.00 bits per heavy atom. The number of pyridine rings is 4. The molecule has 0 unspecified atom stereocenters. The third kappa shape index (κ3) is 12.7. The third-order valence-corrected chi connectivity index (χ3v) is 4.41. The molecule has 4 aromatic heterocycles. The van der Waals surface area contributed by atoms with E-state index < -0.39 is 0 Å². The first-order valence-corrected chi connectivity index (χ1v) is 10.4. The zero-order valence-corrected chi connectivity index (χ0v) is 20.1. The van der Waals surface area contributed by atoms with E-state index >= 15 is 0 Å². The van der Waals surface area contributed by atoms with Gasteiger partial charge < -0.3 is 0 Å². The van der Waals surface area contributed by atoms with Gasteiger partial charge in [0.15, 0.2) is 49.1 Å². The molecule has 0 fully saturated rings. The topological polar surface area (TPSA) is 15.5 Å². The highest BCUT2D eigenvalue weighted by Gasteiger charge is 1.92. The summed E-state index contributed by atoms with van der Waals surface area (Å²) in [6, 6.07) is 20.4. The van der Waals surface area contributed by atoms with Crippen molar-refractivity contribution in [1.29, 1.82) is 0 Å². The van der Waals surface area contributed by atoms with Crippen LogP contribution in [0, 0.1) is 20.8 Å². The molecule has 0 atom stereocenters. The van der Waals surface area contributed by atoms with E-state index in [9.17, 15) is 0 Å². The summed E-state index contributed by atoms with van der Waals surface area (Å²) in [5, 5.41) is 0. The summed E-state index contributed by atoms with van der Waals surface area (Å²) in [6.07, 6.45) is 14.2. The number of nitrogens with zero attached hydrogens (tertiary/aromatic N) is 4. The molecule has 162 valence electrons. The number of rotatable bonds is 0. The predicted molar refractivity (Wildman–Crippen MR) is 125 cm³/mol.